The van der Waals surface area contributed by atoms with E-state index in [9.17, 15) is 0 Å². The van der Waals surface area contributed by atoms with Crippen LogP contribution in [0.25, 0.3) is 112 Å². The molecule has 2 aliphatic carbocycles. The Kier molecular flexibility index (Phi) is 6.11. The first kappa shape index (κ1) is 29.5. The highest BCUT2D eigenvalue weighted by Crippen LogP contribution is 2.45. The Morgan fingerprint density at radius 2 is 1.19 bits per heavy atom. The molecule has 10 aromatic rings. The highest BCUT2D eigenvalue weighted by atomic mass is 16.3. The minimum Gasteiger partial charge on any atom is -0.456 e. The number of benzene rings is 7. The number of rotatable bonds is 4. The van der Waals surface area contributed by atoms with Gasteiger partial charge in [-0.25, -0.2) is 15.0 Å². The molecule has 0 saturated heterocycles. The molecular weight excluding hydrogens is 663 g/mol. The van der Waals surface area contributed by atoms with Crippen LogP contribution in [-0.4, -0.2) is 15.0 Å². The topological polar surface area (TPSA) is 65.0 Å². The molecular formula is C49H29N3O2. The number of aromatic nitrogens is 3. The van der Waals surface area contributed by atoms with Gasteiger partial charge >= 0.3 is 0 Å². The van der Waals surface area contributed by atoms with Crippen molar-refractivity contribution in [3.63, 3.8) is 0 Å². The molecule has 2 aliphatic rings. The predicted octanol–water partition coefficient (Wildman–Crippen LogP) is 12.8. The molecule has 12 rings (SSSR count). The molecule has 0 bridgehead atoms. The third-order valence-corrected chi connectivity index (χ3v) is 11.2. The molecule has 5 nitrogen and oxygen atoms in total. The molecule has 0 spiro atoms. The monoisotopic (exact) mass is 691 g/mol. The van der Waals surface area contributed by atoms with Crippen molar-refractivity contribution >= 4 is 66.3 Å². The van der Waals surface area contributed by atoms with Crippen molar-refractivity contribution in [2.24, 2.45) is 0 Å². The summed E-state index contributed by atoms with van der Waals surface area (Å²) < 4.78 is 12.7. The number of hydrogen-bond donors (Lipinski definition) is 0. The van der Waals surface area contributed by atoms with Crippen LogP contribution in [0.15, 0.2) is 154 Å². The number of para-hydroxylation sites is 1. The van der Waals surface area contributed by atoms with Gasteiger partial charge in [0.05, 0.1) is 0 Å². The van der Waals surface area contributed by atoms with Gasteiger partial charge < -0.3 is 8.83 Å². The van der Waals surface area contributed by atoms with Crippen molar-refractivity contribution in [2.45, 2.75) is 12.8 Å². The third kappa shape index (κ3) is 4.36. The second-order valence-electron chi connectivity index (χ2n) is 14.2. The van der Waals surface area contributed by atoms with E-state index in [1.54, 1.807) is 0 Å². The summed E-state index contributed by atoms with van der Waals surface area (Å²) in [6.07, 6.45) is 8.92. The molecule has 7 aromatic carbocycles. The highest BCUT2D eigenvalue weighted by Gasteiger charge is 2.23. The van der Waals surface area contributed by atoms with Gasteiger partial charge in [0.15, 0.2) is 17.5 Å². The van der Waals surface area contributed by atoms with Gasteiger partial charge in [-0.1, -0.05) is 109 Å². The van der Waals surface area contributed by atoms with E-state index in [1.807, 2.05) is 72.8 Å². The van der Waals surface area contributed by atoms with E-state index in [-0.39, 0.29) is 0 Å². The quantitative estimate of drug-likeness (QED) is 0.184. The molecule has 0 radical (unpaired) electrons. The van der Waals surface area contributed by atoms with Crippen LogP contribution in [0, 0.1) is 0 Å². The van der Waals surface area contributed by atoms with Gasteiger partial charge in [0.25, 0.3) is 0 Å². The average molecular weight is 692 g/mol. The number of hydrogen-bond acceptors (Lipinski definition) is 5. The zero-order valence-electron chi connectivity index (χ0n) is 29.0. The fourth-order valence-corrected chi connectivity index (χ4v) is 8.66. The molecule has 3 heterocycles. The Morgan fingerprint density at radius 3 is 2.11 bits per heavy atom. The average Bonchev–Trinajstić information content (AvgIpc) is 3.81. The van der Waals surface area contributed by atoms with E-state index in [0.29, 0.717) is 17.5 Å². The summed E-state index contributed by atoms with van der Waals surface area (Å²) in [6, 6.07) is 46.2. The lowest BCUT2D eigenvalue weighted by Crippen LogP contribution is -2.03. The largest absolute Gasteiger partial charge is 0.456 e. The van der Waals surface area contributed by atoms with E-state index in [0.717, 1.165) is 79.0 Å². The second-order valence-corrected chi connectivity index (χ2v) is 14.2. The molecule has 5 heteroatoms. The van der Waals surface area contributed by atoms with Gasteiger partial charge in [0.2, 0.25) is 0 Å². The molecule has 0 amide bonds. The molecule has 0 saturated carbocycles. The minimum atomic E-state index is 0.589. The fraction of sp³-hybridized carbons (Fsp3) is 0.0408. The standard InChI is InChI=1S/C49H29N3O2/c1-2-8-31(9-3-1)47-50-48(33-21-25-41-38(27-33)35-12-4-5-14-40(35)53-41)52-49(51-47)37-13-7-15-43-46(37)39-26-32(20-24-42(39)54-43)34-22-18-30-17-16-28-10-6-11-29-19-23-36(34)45(30)44(28)29/h1-9,11-16,18-27H,10,17H2. The SMILES string of the molecule is C1=Cc2ccc3c(-c4ccc5oc6cccc(-c7nc(-c8ccccc8)nc(-c8ccc9oc%10ccccc%10c9c8)n7)c6c5c4)ccc4c3c2C(=CC4)C1. The van der Waals surface area contributed by atoms with Gasteiger partial charge in [-0.05, 0) is 99.5 Å². The first-order valence-corrected chi connectivity index (χ1v) is 18.4. The number of allylic oxidation sites excluding steroid dienone is 3. The van der Waals surface area contributed by atoms with Crippen LogP contribution in [0.5, 0.6) is 0 Å². The Bertz CT molecular complexity index is 3270. The molecule has 0 unspecified atom stereocenters. The Morgan fingerprint density at radius 1 is 0.444 bits per heavy atom. The maximum absolute atomic E-state index is 6.52. The summed E-state index contributed by atoms with van der Waals surface area (Å²) >= 11 is 0. The van der Waals surface area contributed by atoms with Crippen LogP contribution in [-0.2, 0) is 6.42 Å². The van der Waals surface area contributed by atoms with Gasteiger partial charge in [-0.3, -0.25) is 0 Å². The van der Waals surface area contributed by atoms with E-state index in [4.69, 9.17) is 23.8 Å². The fourth-order valence-electron chi connectivity index (χ4n) is 8.66. The van der Waals surface area contributed by atoms with Crippen LogP contribution in [0.3, 0.4) is 0 Å². The molecule has 3 aromatic heterocycles. The second kappa shape index (κ2) is 11.2. The van der Waals surface area contributed by atoms with Gasteiger partial charge in [-0.2, -0.15) is 0 Å². The first-order valence-electron chi connectivity index (χ1n) is 18.4. The van der Waals surface area contributed by atoms with E-state index < -0.39 is 0 Å². The van der Waals surface area contributed by atoms with Crippen LogP contribution >= 0.6 is 0 Å². The van der Waals surface area contributed by atoms with Crippen molar-refractivity contribution in [3.05, 3.63) is 162 Å². The molecule has 0 aliphatic heterocycles. The van der Waals surface area contributed by atoms with Crippen LogP contribution in [0.4, 0.5) is 0 Å². The smallest absolute Gasteiger partial charge is 0.164 e. The predicted molar refractivity (Wildman–Crippen MR) is 219 cm³/mol. The molecule has 0 fully saturated rings. The molecule has 0 N–H and O–H groups in total. The summed E-state index contributed by atoms with van der Waals surface area (Å²) in [5.41, 5.74) is 13.9. The molecule has 252 valence electrons. The van der Waals surface area contributed by atoms with Gasteiger partial charge in [0.1, 0.15) is 22.3 Å². The summed E-state index contributed by atoms with van der Waals surface area (Å²) in [6.45, 7) is 0. The normalized spacial score (nSPS) is 13.4. The van der Waals surface area contributed by atoms with Crippen molar-refractivity contribution < 1.29 is 8.83 Å². The lowest BCUT2D eigenvalue weighted by molar-refractivity contribution is 0.668. The Labute approximate surface area is 309 Å². The minimum absolute atomic E-state index is 0.589. The van der Waals surface area contributed by atoms with E-state index >= 15 is 0 Å². The number of fused-ring (bicyclic) bond motifs is 6. The van der Waals surface area contributed by atoms with Crippen molar-refractivity contribution in [1.82, 2.24) is 15.0 Å². The number of furan rings is 2. The van der Waals surface area contributed by atoms with E-state index in [2.05, 4.69) is 78.9 Å². The van der Waals surface area contributed by atoms with Gasteiger partial charge in [0, 0.05) is 38.2 Å². The molecule has 54 heavy (non-hydrogen) atoms. The third-order valence-electron chi connectivity index (χ3n) is 11.2. The summed E-state index contributed by atoms with van der Waals surface area (Å²) in [4.78, 5) is 15.4. The number of nitrogens with zero attached hydrogens (tertiary/aromatic N) is 3. The zero-order valence-corrected chi connectivity index (χ0v) is 29.0. The van der Waals surface area contributed by atoms with Crippen molar-refractivity contribution in [3.8, 4) is 45.3 Å². The Hall–Kier alpha value is -7.11. The summed E-state index contributed by atoms with van der Waals surface area (Å²) in [5, 5.41) is 6.77. The summed E-state index contributed by atoms with van der Waals surface area (Å²) in [7, 11) is 0. The lowest BCUT2D eigenvalue weighted by atomic mass is 9.80. The lowest BCUT2D eigenvalue weighted by Gasteiger charge is -2.24. The van der Waals surface area contributed by atoms with Gasteiger partial charge in [-0.15, -0.1) is 0 Å². The van der Waals surface area contributed by atoms with Crippen LogP contribution < -0.4 is 0 Å². The Balaban J connectivity index is 1.07. The van der Waals surface area contributed by atoms with Crippen molar-refractivity contribution in [2.75, 3.05) is 0 Å². The highest BCUT2D eigenvalue weighted by molar-refractivity contribution is 6.14. The molecule has 0 atom stereocenters. The van der Waals surface area contributed by atoms with Crippen LogP contribution in [0.2, 0.25) is 0 Å². The summed E-state index contributed by atoms with van der Waals surface area (Å²) in [5.74, 6) is 1.79. The maximum Gasteiger partial charge on any atom is 0.164 e. The first-order chi connectivity index (χ1) is 26.7. The van der Waals surface area contributed by atoms with E-state index in [1.165, 1.54) is 38.6 Å². The van der Waals surface area contributed by atoms with Crippen molar-refractivity contribution in [1.29, 1.82) is 0 Å². The zero-order chi connectivity index (χ0) is 35.3. The maximum atomic E-state index is 6.52. The van der Waals surface area contributed by atoms with Crippen LogP contribution in [0.1, 0.15) is 23.1 Å².